The average Bonchev–Trinajstić information content (AvgIpc) is 2.05. The summed E-state index contributed by atoms with van der Waals surface area (Å²) in [6.07, 6.45) is 8.45. The van der Waals surface area contributed by atoms with Crippen molar-refractivity contribution in [2.45, 2.75) is 0 Å². The van der Waals surface area contributed by atoms with E-state index in [0.29, 0.717) is 6.61 Å². The third-order valence-electron chi connectivity index (χ3n) is 1.38. The van der Waals surface area contributed by atoms with E-state index >= 15 is 0 Å². The maximum absolute atomic E-state index is 5.22. The average molecular weight is 132 g/mol. The van der Waals surface area contributed by atoms with Gasteiger partial charge in [0.05, 0.1) is 0 Å². The molecule has 0 aromatic carbocycles. The molecule has 0 aliphatic carbocycles. The standard InChI is InChI=1S/C8H6NO/c1-2-7-3-4-9-6-8(7)10-5-1/h1-4H,5H2. The second kappa shape index (κ2) is 2.14. The number of hydrogen-bond donors (Lipinski definition) is 0. The van der Waals surface area contributed by atoms with Crippen molar-refractivity contribution < 1.29 is 4.74 Å². The highest BCUT2D eigenvalue weighted by Crippen LogP contribution is 2.19. The second-order valence-electron chi connectivity index (χ2n) is 2.05. The largest absolute Gasteiger partial charge is 0.487 e. The van der Waals surface area contributed by atoms with Crippen molar-refractivity contribution >= 4 is 6.08 Å². The number of aromatic nitrogens is 1. The van der Waals surface area contributed by atoms with E-state index in [2.05, 4.69) is 11.2 Å². The van der Waals surface area contributed by atoms with Crippen LogP contribution in [0.15, 0.2) is 18.3 Å². The van der Waals surface area contributed by atoms with Crippen LogP contribution < -0.4 is 4.74 Å². The third kappa shape index (κ3) is 0.778. The van der Waals surface area contributed by atoms with Crippen molar-refractivity contribution in [3.8, 4) is 5.75 Å². The smallest absolute Gasteiger partial charge is 0.155 e. The molecule has 0 N–H and O–H groups in total. The first kappa shape index (κ1) is 5.47. The Morgan fingerprint density at radius 2 is 2.60 bits per heavy atom. The lowest BCUT2D eigenvalue weighted by Gasteiger charge is -2.09. The fraction of sp³-hybridized carbons (Fsp3) is 0.125. The molecule has 0 atom stereocenters. The normalized spacial score (nSPS) is 14.0. The summed E-state index contributed by atoms with van der Waals surface area (Å²) in [6.45, 7) is 0.634. The summed E-state index contributed by atoms with van der Waals surface area (Å²) < 4.78 is 5.22. The molecular formula is C8H6NO. The summed E-state index contributed by atoms with van der Waals surface area (Å²) in [5.74, 6) is 0.755. The van der Waals surface area contributed by atoms with Crippen molar-refractivity contribution in [2.24, 2.45) is 0 Å². The first-order valence-electron chi connectivity index (χ1n) is 3.13. The summed E-state index contributed by atoms with van der Waals surface area (Å²) in [4.78, 5) is 3.81. The molecular weight excluding hydrogens is 126 g/mol. The van der Waals surface area contributed by atoms with Gasteiger partial charge in [-0.1, -0.05) is 6.08 Å². The summed E-state index contributed by atoms with van der Waals surface area (Å²) in [7, 11) is 0. The van der Waals surface area contributed by atoms with E-state index in [1.807, 2.05) is 18.2 Å². The van der Waals surface area contributed by atoms with Gasteiger partial charge in [-0.25, -0.2) is 0 Å². The monoisotopic (exact) mass is 132 g/mol. The lowest BCUT2D eigenvalue weighted by atomic mass is 10.2. The molecule has 1 radical (unpaired) electrons. The molecule has 0 fully saturated rings. The summed E-state index contributed by atoms with van der Waals surface area (Å²) in [5, 5.41) is 0. The second-order valence-corrected chi connectivity index (χ2v) is 2.05. The zero-order chi connectivity index (χ0) is 6.81. The highest BCUT2D eigenvalue weighted by atomic mass is 16.5. The predicted molar refractivity (Wildman–Crippen MR) is 37.6 cm³/mol. The van der Waals surface area contributed by atoms with Crippen LogP contribution in [-0.4, -0.2) is 11.6 Å². The quantitative estimate of drug-likeness (QED) is 0.530. The van der Waals surface area contributed by atoms with E-state index in [4.69, 9.17) is 4.74 Å². The zero-order valence-corrected chi connectivity index (χ0v) is 5.37. The molecule has 2 heterocycles. The minimum Gasteiger partial charge on any atom is -0.487 e. The maximum atomic E-state index is 5.22. The molecule has 10 heavy (non-hydrogen) atoms. The van der Waals surface area contributed by atoms with Crippen LogP contribution in [0.4, 0.5) is 0 Å². The highest BCUT2D eigenvalue weighted by molar-refractivity contribution is 5.57. The van der Waals surface area contributed by atoms with E-state index in [9.17, 15) is 0 Å². The molecule has 0 spiro atoms. The fourth-order valence-electron chi connectivity index (χ4n) is 0.907. The molecule has 0 saturated heterocycles. The molecule has 1 aromatic heterocycles. The van der Waals surface area contributed by atoms with E-state index in [1.165, 1.54) is 0 Å². The van der Waals surface area contributed by atoms with Gasteiger partial charge >= 0.3 is 0 Å². The minimum atomic E-state index is 0.634. The van der Waals surface area contributed by atoms with Crippen LogP contribution in [0.1, 0.15) is 5.56 Å². The van der Waals surface area contributed by atoms with Crippen LogP contribution in [-0.2, 0) is 0 Å². The molecule has 1 aromatic rings. The predicted octanol–water partition coefficient (Wildman–Crippen LogP) is 1.29. The van der Waals surface area contributed by atoms with Gasteiger partial charge in [0.1, 0.15) is 12.8 Å². The molecule has 2 rings (SSSR count). The van der Waals surface area contributed by atoms with Gasteiger partial charge in [0, 0.05) is 11.8 Å². The van der Waals surface area contributed by atoms with Crippen molar-refractivity contribution in [3.05, 3.63) is 30.1 Å². The number of nitrogens with zero attached hydrogens (tertiary/aromatic N) is 1. The Morgan fingerprint density at radius 3 is 3.50 bits per heavy atom. The van der Waals surface area contributed by atoms with Crippen molar-refractivity contribution in [3.63, 3.8) is 0 Å². The molecule has 0 amide bonds. The molecule has 2 heteroatoms. The van der Waals surface area contributed by atoms with Gasteiger partial charge in [-0.05, 0) is 12.1 Å². The van der Waals surface area contributed by atoms with Crippen LogP contribution >= 0.6 is 0 Å². The Bertz CT molecular complexity index is 268. The summed E-state index contributed by atoms with van der Waals surface area (Å²) in [6, 6.07) is 1.90. The lowest BCUT2D eigenvalue weighted by molar-refractivity contribution is 0.356. The summed E-state index contributed by atoms with van der Waals surface area (Å²) >= 11 is 0. The molecule has 49 valence electrons. The lowest BCUT2D eigenvalue weighted by Crippen LogP contribution is -2.00. The Morgan fingerprint density at radius 1 is 1.60 bits per heavy atom. The molecule has 0 unspecified atom stereocenters. The van der Waals surface area contributed by atoms with Gasteiger partial charge in [0.25, 0.3) is 0 Å². The van der Waals surface area contributed by atoms with Crippen LogP contribution in [0, 0.1) is 6.20 Å². The summed E-state index contributed by atoms with van der Waals surface area (Å²) in [5.41, 5.74) is 1.06. The Kier molecular flexibility index (Phi) is 1.17. The van der Waals surface area contributed by atoms with Crippen molar-refractivity contribution in [1.29, 1.82) is 0 Å². The molecule has 0 saturated carbocycles. The molecule has 2 nitrogen and oxygen atoms in total. The maximum Gasteiger partial charge on any atom is 0.155 e. The van der Waals surface area contributed by atoms with Crippen LogP contribution in [0.5, 0.6) is 5.75 Å². The topological polar surface area (TPSA) is 22.1 Å². The number of rotatable bonds is 0. The van der Waals surface area contributed by atoms with Crippen LogP contribution in [0.2, 0.25) is 0 Å². The Labute approximate surface area is 59.2 Å². The van der Waals surface area contributed by atoms with Gasteiger partial charge in [0.15, 0.2) is 5.75 Å². The Hall–Kier alpha value is -1.31. The van der Waals surface area contributed by atoms with Gasteiger partial charge in [0.2, 0.25) is 0 Å². The van der Waals surface area contributed by atoms with Gasteiger partial charge in [-0.2, -0.15) is 0 Å². The minimum absolute atomic E-state index is 0.634. The number of hydrogen-bond acceptors (Lipinski definition) is 2. The van der Waals surface area contributed by atoms with E-state index in [-0.39, 0.29) is 0 Å². The van der Waals surface area contributed by atoms with Gasteiger partial charge in [-0.15, -0.1) is 0 Å². The number of fused-ring (bicyclic) bond motifs is 1. The molecule has 1 aliphatic heterocycles. The van der Waals surface area contributed by atoms with E-state index < -0.39 is 0 Å². The number of pyridine rings is 1. The highest BCUT2D eigenvalue weighted by Gasteiger charge is 2.02. The van der Waals surface area contributed by atoms with E-state index in [1.54, 1.807) is 6.20 Å². The first-order valence-corrected chi connectivity index (χ1v) is 3.13. The zero-order valence-electron chi connectivity index (χ0n) is 5.37. The van der Waals surface area contributed by atoms with Crippen molar-refractivity contribution in [1.82, 2.24) is 4.98 Å². The molecule has 1 aliphatic rings. The SMILES string of the molecule is [c]1nccc2c1OCC=C2. The fourth-order valence-corrected chi connectivity index (χ4v) is 0.907. The van der Waals surface area contributed by atoms with Crippen LogP contribution in [0.25, 0.3) is 6.08 Å². The van der Waals surface area contributed by atoms with Crippen LogP contribution in [0.3, 0.4) is 0 Å². The number of ether oxygens (including phenoxy) is 1. The third-order valence-corrected chi connectivity index (χ3v) is 1.38. The van der Waals surface area contributed by atoms with Gasteiger partial charge < -0.3 is 4.74 Å². The first-order chi connectivity index (χ1) is 4.97. The van der Waals surface area contributed by atoms with Crippen molar-refractivity contribution in [2.75, 3.05) is 6.61 Å². The van der Waals surface area contributed by atoms with E-state index in [0.717, 1.165) is 11.3 Å². The van der Waals surface area contributed by atoms with Gasteiger partial charge in [-0.3, -0.25) is 4.98 Å². The Balaban J connectivity index is 2.54. The molecule has 0 bridgehead atoms.